The van der Waals surface area contributed by atoms with Gasteiger partial charge in [-0.1, -0.05) is 6.08 Å². The van der Waals surface area contributed by atoms with Crippen molar-refractivity contribution in [2.75, 3.05) is 13.2 Å². The fourth-order valence-electron chi connectivity index (χ4n) is 2.17. The first-order valence-electron chi connectivity index (χ1n) is 5.93. The van der Waals surface area contributed by atoms with E-state index in [-0.39, 0.29) is 0 Å². The van der Waals surface area contributed by atoms with Crippen LogP contribution in [0.4, 0.5) is 0 Å². The molecule has 0 radical (unpaired) electrons. The molecule has 2 fully saturated rings. The predicted octanol–water partition coefficient (Wildman–Crippen LogP) is 1.17. The monoisotopic (exact) mass is 225 g/mol. The van der Waals surface area contributed by atoms with Gasteiger partial charge in [-0.3, -0.25) is 0 Å². The number of ether oxygens (including phenoxy) is 1. The molecule has 2 N–H and O–H groups in total. The second-order valence-corrected chi connectivity index (χ2v) is 4.67. The zero-order valence-electron chi connectivity index (χ0n) is 9.61. The van der Waals surface area contributed by atoms with Crippen LogP contribution in [0.25, 0.3) is 0 Å². The van der Waals surface area contributed by atoms with Gasteiger partial charge in [0.25, 0.3) is 0 Å². The number of carboxylic acids is 1. The van der Waals surface area contributed by atoms with Gasteiger partial charge in [-0.15, -0.1) is 0 Å². The smallest absolute Gasteiger partial charge is 0.330 e. The fourth-order valence-corrected chi connectivity index (χ4v) is 2.17. The van der Waals surface area contributed by atoms with Crippen molar-refractivity contribution in [3.8, 4) is 0 Å². The van der Waals surface area contributed by atoms with Gasteiger partial charge in [0.15, 0.2) is 0 Å². The Morgan fingerprint density at radius 2 is 2.25 bits per heavy atom. The Morgan fingerprint density at radius 3 is 2.88 bits per heavy atom. The highest BCUT2D eigenvalue weighted by atomic mass is 16.5. The third kappa shape index (κ3) is 2.83. The standard InChI is InChI=1S/C12H19NO3/c1-8(12(14)15)4-6-13-10-5-7-16-11(10)9-2-3-9/h4,9-11,13H,2-3,5-7H2,1H3,(H,14,15). The molecule has 0 amide bonds. The molecule has 0 aromatic rings. The van der Waals surface area contributed by atoms with Crippen LogP contribution < -0.4 is 5.32 Å². The Balaban J connectivity index is 1.76. The van der Waals surface area contributed by atoms with E-state index in [1.807, 2.05) is 0 Å². The van der Waals surface area contributed by atoms with E-state index in [2.05, 4.69) is 5.32 Å². The van der Waals surface area contributed by atoms with Crippen LogP contribution in [0.1, 0.15) is 26.2 Å². The second kappa shape index (κ2) is 4.97. The maximum Gasteiger partial charge on any atom is 0.330 e. The van der Waals surface area contributed by atoms with Gasteiger partial charge in [-0.05, 0) is 32.1 Å². The number of carbonyl (C=O) groups is 1. The Labute approximate surface area is 95.7 Å². The van der Waals surface area contributed by atoms with Crippen molar-refractivity contribution in [2.24, 2.45) is 5.92 Å². The zero-order valence-corrected chi connectivity index (χ0v) is 9.61. The first-order chi connectivity index (χ1) is 7.68. The average Bonchev–Trinajstić information content (AvgIpc) is 2.99. The number of hydrogen-bond acceptors (Lipinski definition) is 3. The normalized spacial score (nSPS) is 30.7. The molecule has 4 heteroatoms. The highest BCUT2D eigenvalue weighted by molar-refractivity contribution is 5.85. The van der Waals surface area contributed by atoms with Crippen molar-refractivity contribution < 1.29 is 14.6 Å². The predicted molar refractivity (Wildman–Crippen MR) is 60.3 cm³/mol. The molecule has 0 spiro atoms. The van der Waals surface area contributed by atoms with Crippen molar-refractivity contribution >= 4 is 5.97 Å². The van der Waals surface area contributed by atoms with E-state index in [1.165, 1.54) is 12.8 Å². The third-order valence-corrected chi connectivity index (χ3v) is 3.35. The van der Waals surface area contributed by atoms with Crippen LogP contribution in [0.3, 0.4) is 0 Å². The maximum absolute atomic E-state index is 10.6. The van der Waals surface area contributed by atoms with Gasteiger partial charge < -0.3 is 15.2 Å². The summed E-state index contributed by atoms with van der Waals surface area (Å²) >= 11 is 0. The molecular formula is C12H19NO3. The summed E-state index contributed by atoms with van der Waals surface area (Å²) in [7, 11) is 0. The molecule has 2 rings (SSSR count). The molecule has 16 heavy (non-hydrogen) atoms. The van der Waals surface area contributed by atoms with Crippen LogP contribution in [0.5, 0.6) is 0 Å². The molecule has 2 atom stereocenters. The summed E-state index contributed by atoms with van der Waals surface area (Å²) in [5.41, 5.74) is 0.398. The van der Waals surface area contributed by atoms with Gasteiger partial charge in [0, 0.05) is 24.8 Å². The average molecular weight is 225 g/mol. The number of rotatable bonds is 5. The first kappa shape index (κ1) is 11.6. The lowest BCUT2D eigenvalue weighted by Gasteiger charge is -2.18. The van der Waals surface area contributed by atoms with E-state index < -0.39 is 5.97 Å². The highest BCUT2D eigenvalue weighted by Gasteiger charge is 2.40. The number of hydrogen-bond donors (Lipinski definition) is 2. The largest absolute Gasteiger partial charge is 0.478 e. The second-order valence-electron chi connectivity index (χ2n) is 4.67. The molecule has 4 nitrogen and oxygen atoms in total. The Morgan fingerprint density at radius 1 is 1.50 bits per heavy atom. The fraction of sp³-hybridized carbons (Fsp3) is 0.750. The van der Waals surface area contributed by atoms with Crippen molar-refractivity contribution in [2.45, 2.75) is 38.3 Å². The number of nitrogens with one attached hydrogen (secondary N) is 1. The van der Waals surface area contributed by atoms with Gasteiger partial charge in [0.05, 0.1) is 6.10 Å². The van der Waals surface area contributed by atoms with E-state index in [1.54, 1.807) is 13.0 Å². The molecule has 90 valence electrons. The van der Waals surface area contributed by atoms with Gasteiger partial charge >= 0.3 is 5.97 Å². The van der Waals surface area contributed by atoms with Crippen LogP contribution >= 0.6 is 0 Å². The number of carboxylic acid groups (broad SMARTS) is 1. The van der Waals surface area contributed by atoms with Gasteiger partial charge in [-0.2, -0.15) is 0 Å². The van der Waals surface area contributed by atoms with Crippen LogP contribution in [0.15, 0.2) is 11.6 Å². The minimum Gasteiger partial charge on any atom is -0.478 e. The van der Waals surface area contributed by atoms with Crippen LogP contribution in [-0.4, -0.2) is 36.4 Å². The van der Waals surface area contributed by atoms with E-state index in [9.17, 15) is 4.79 Å². The number of aliphatic carboxylic acids is 1. The van der Waals surface area contributed by atoms with Gasteiger partial charge in [-0.25, -0.2) is 4.79 Å². The minimum absolute atomic E-state index is 0.360. The molecule has 1 aliphatic carbocycles. The molecule has 0 aromatic carbocycles. The van der Waals surface area contributed by atoms with Crippen LogP contribution in [0, 0.1) is 5.92 Å². The highest BCUT2D eigenvalue weighted by Crippen LogP contribution is 2.38. The molecule has 2 unspecified atom stereocenters. The Bertz CT molecular complexity index is 297. The molecule has 0 aromatic heterocycles. The van der Waals surface area contributed by atoms with Crippen molar-refractivity contribution in [3.05, 3.63) is 11.6 Å². The van der Waals surface area contributed by atoms with E-state index in [0.717, 1.165) is 18.9 Å². The SMILES string of the molecule is CC(=CCNC1CCOC1C1CC1)C(=O)O. The van der Waals surface area contributed by atoms with Crippen molar-refractivity contribution in [1.29, 1.82) is 0 Å². The molecule has 0 bridgehead atoms. The van der Waals surface area contributed by atoms with Gasteiger partial charge in [0.2, 0.25) is 0 Å². The Kier molecular flexibility index (Phi) is 3.61. The first-order valence-corrected chi connectivity index (χ1v) is 5.93. The molecular weight excluding hydrogens is 206 g/mol. The summed E-state index contributed by atoms with van der Waals surface area (Å²) in [5.74, 6) is -0.104. The summed E-state index contributed by atoms with van der Waals surface area (Å²) in [4.78, 5) is 10.6. The molecule has 1 aliphatic heterocycles. The van der Waals surface area contributed by atoms with E-state index in [4.69, 9.17) is 9.84 Å². The maximum atomic E-state index is 10.6. The van der Waals surface area contributed by atoms with E-state index in [0.29, 0.717) is 24.3 Å². The van der Waals surface area contributed by atoms with Crippen LogP contribution in [-0.2, 0) is 9.53 Å². The van der Waals surface area contributed by atoms with Crippen LogP contribution in [0.2, 0.25) is 0 Å². The molecule has 2 aliphatic rings. The van der Waals surface area contributed by atoms with Crippen molar-refractivity contribution in [1.82, 2.24) is 5.32 Å². The molecule has 1 heterocycles. The van der Waals surface area contributed by atoms with Crippen molar-refractivity contribution in [3.63, 3.8) is 0 Å². The topological polar surface area (TPSA) is 58.6 Å². The molecule has 1 saturated heterocycles. The minimum atomic E-state index is -0.844. The third-order valence-electron chi connectivity index (χ3n) is 3.35. The quantitative estimate of drug-likeness (QED) is 0.690. The lowest BCUT2D eigenvalue weighted by atomic mass is 10.1. The van der Waals surface area contributed by atoms with E-state index >= 15 is 0 Å². The summed E-state index contributed by atoms with van der Waals surface area (Å²) in [6.45, 7) is 3.07. The lowest BCUT2D eigenvalue weighted by molar-refractivity contribution is -0.132. The summed E-state index contributed by atoms with van der Waals surface area (Å²) in [6, 6.07) is 0.408. The summed E-state index contributed by atoms with van der Waals surface area (Å²) in [6.07, 6.45) is 5.70. The summed E-state index contributed by atoms with van der Waals surface area (Å²) < 4.78 is 5.69. The Hall–Kier alpha value is -0.870. The lowest BCUT2D eigenvalue weighted by Crippen LogP contribution is -2.37. The zero-order chi connectivity index (χ0) is 11.5. The summed E-state index contributed by atoms with van der Waals surface area (Å²) in [5, 5.41) is 12.1. The molecule has 1 saturated carbocycles. The van der Waals surface area contributed by atoms with Gasteiger partial charge in [0.1, 0.15) is 0 Å².